The third-order valence-electron chi connectivity index (χ3n) is 5.43. The standard InChI is InChI=1S/C22H22ClN5O4/c23-15-4-3-5-16(12-15)26-8-10-27(11-9-26)20(30)13-24-19(29)14-28-21(31)17-6-1-2-7-18(17)25-22(28)32/h1-7,12H,8-11,13-14H2,(H,24,29)(H,25,32). The lowest BCUT2D eigenvalue weighted by Crippen LogP contribution is -2.51. The summed E-state index contributed by atoms with van der Waals surface area (Å²) in [7, 11) is 0. The van der Waals surface area contributed by atoms with Crippen LogP contribution in [-0.2, 0) is 16.1 Å². The third kappa shape index (κ3) is 4.67. The van der Waals surface area contributed by atoms with E-state index in [1.54, 1.807) is 29.2 Å². The monoisotopic (exact) mass is 455 g/mol. The van der Waals surface area contributed by atoms with Gasteiger partial charge < -0.3 is 20.1 Å². The summed E-state index contributed by atoms with van der Waals surface area (Å²) in [5.41, 5.74) is 0.186. The van der Waals surface area contributed by atoms with Crippen LogP contribution >= 0.6 is 11.6 Å². The van der Waals surface area contributed by atoms with Crippen LogP contribution in [-0.4, -0.2) is 59.0 Å². The minimum atomic E-state index is -0.674. The van der Waals surface area contributed by atoms with Crippen LogP contribution in [0.2, 0.25) is 5.02 Å². The number of piperazine rings is 1. The molecule has 4 rings (SSSR count). The first-order chi connectivity index (χ1) is 15.4. The molecule has 1 aliphatic rings. The Morgan fingerprint density at radius 3 is 2.50 bits per heavy atom. The summed E-state index contributed by atoms with van der Waals surface area (Å²) in [6.45, 7) is 1.69. The van der Waals surface area contributed by atoms with Crippen molar-refractivity contribution in [1.29, 1.82) is 0 Å². The van der Waals surface area contributed by atoms with Crippen molar-refractivity contribution in [3.63, 3.8) is 0 Å². The number of aromatic amines is 1. The molecule has 0 atom stereocenters. The summed E-state index contributed by atoms with van der Waals surface area (Å²) in [5.74, 6) is -0.803. The lowest BCUT2D eigenvalue weighted by atomic mass is 10.2. The van der Waals surface area contributed by atoms with E-state index in [1.165, 1.54) is 0 Å². The predicted octanol–water partition coefficient (Wildman–Crippen LogP) is 0.808. The Balaban J connectivity index is 1.31. The summed E-state index contributed by atoms with van der Waals surface area (Å²) in [4.78, 5) is 55.9. The molecule has 1 fully saturated rings. The Morgan fingerprint density at radius 2 is 1.75 bits per heavy atom. The number of H-pyrrole nitrogens is 1. The molecule has 1 aliphatic heterocycles. The summed E-state index contributed by atoms with van der Waals surface area (Å²) in [6.07, 6.45) is 0. The number of para-hydroxylation sites is 1. The average molecular weight is 456 g/mol. The molecule has 10 heteroatoms. The second kappa shape index (κ2) is 9.27. The van der Waals surface area contributed by atoms with Crippen LogP contribution in [0.15, 0.2) is 58.1 Å². The first kappa shape index (κ1) is 21.6. The average Bonchev–Trinajstić information content (AvgIpc) is 2.80. The Bertz CT molecular complexity index is 1280. The molecule has 1 saturated heterocycles. The number of benzene rings is 2. The fourth-order valence-corrected chi connectivity index (χ4v) is 3.90. The van der Waals surface area contributed by atoms with Gasteiger partial charge in [0, 0.05) is 36.9 Å². The largest absolute Gasteiger partial charge is 0.368 e. The third-order valence-corrected chi connectivity index (χ3v) is 5.67. The Kier molecular flexibility index (Phi) is 6.27. The number of fused-ring (bicyclic) bond motifs is 1. The van der Waals surface area contributed by atoms with Crippen molar-refractivity contribution >= 4 is 40.0 Å². The van der Waals surface area contributed by atoms with Gasteiger partial charge in [0.2, 0.25) is 11.8 Å². The second-order valence-corrected chi connectivity index (χ2v) is 7.93. The molecule has 2 amide bonds. The maximum atomic E-state index is 12.5. The zero-order valence-electron chi connectivity index (χ0n) is 17.2. The molecular weight excluding hydrogens is 434 g/mol. The van der Waals surface area contributed by atoms with Crippen molar-refractivity contribution in [3.05, 3.63) is 74.4 Å². The highest BCUT2D eigenvalue weighted by molar-refractivity contribution is 6.30. The number of carbonyl (C=O) groups excluding carboxylic acids is 2. The Labute approximate surface area is 188 Å². The molecule has 9 nitrogen and oxygen atoms in total. The summed E-state index contributed by atoms with van der Waals surface area (Å²) < 4.78 is 0.825. The van der Waals surface area contributed by atoms with E-state index >= 15 is 0 Å². The van der Waals surface area contributed by atoms with E-state index in [-0.39, 0.29) is 12.5 Å². The van der Waals surface area contributed by atoms with E-state index in [9.17, 15) is 19.2 Å². The van der Waals surface area contributed by atoms with Crippen molar-refractivity contribution < 1.29 is 9.59 Å². The van der Waals surface area contributed by atoms with Gasteiger partial charge in [-0.2, -0.15) is 0 Å². The minimum Gasteiger partial charge on any atom is -0.368 e. The lowest BCUT2D eigenvalue weighted by molar-refractivity contribution is -0.133. The number of rotatable bonds is 5. The van der Waals surface area contributed by atoms with Gasteiger partial charge in [-0.25, -0.2) is 4.79 Å². The van der Waals surface area contributed by atoms with Crippen LogP contribution in [0.25, 0.3) is 10.9 Å². The van der Waals surface area contributed by atoms with Gasteiger partial charge >= 0.3 is 5.69 Å². The predicted molar refractivity (Wildman–Crippen MR) is 122 cm³/mol. The van der Waals surface area contributed by atoms with Crippen molar-refractivity contribution in [2.24, 2.45) is 0 Å². The van der Waals surface area contributed by atoms with Crippen LogP contribution in [0.3, 0.4) is 0 Å². The number of hydrogen-bond acceptors (Lipinski definition) is 5. The zero-order valence-corrected chi connectivity index (χ0v) is 18.0. The molecule has 1 aromatic heterocycles. The van der Waals surface area contributed by atoms with Gasteiger partial charge in [-0.1, -0.05) is 29.8 Å². The molecule has 0 saturated carbocycles. The highest BCUT2D eigenvalue weighted by atomic mass is 35.5. The van der Waals surface area contributed by atoms with Crippen LogP contribution < -0.4 is 21.5 Å². The van der Waals surface area contributed by atoms with Gasteiger partial charge in [0.15, 0.2) is 0 Å². The number of nitrogens with zero attached hydrogens (tertiary/aromatic N) is 3. The SMILES string of the molecule is O=C(Cn1c(=O)[nH]c2ccccc2c1=O)NCC(=O)N1CCN(c2cccc(Cl)c2)CC1. The molecule has 2 aromatic carbocycles. The van der Waals surface area contributed by atoms with Gasteiger partial charge in [-0.15, -0.1) is 0 Å². The molecule has 32 heavy (non-hydrogen) atoms. The number of nitrogens with one attached hydrogen (secondary N) is 2. The van der Waals surface area contributed by atoms with Gasteiger partial charge in [0.05, 0.1) is 17.4 Å². The highest BCUT2D eigenvalue weighted by Gasteiger charge is 2.22. The normalized spacial score (nSPS) is 13.9. The molecule has 0 radical (unpaired) electrons. The zero-order chi connectivity index (χ0) is 22.7. The highest BCUT2D eigenvalue weighted by Crippen LogP contribution is 2.20. The quantitative estimate of drug-likeness (QED) is 0.592. The molecule has 2 heterocycles. The first-order valence-corrected chi connectivity index (χ1v) is 10.6. The van der Waals surface area contributed by atoms with Gasteiger partial charge in [-0.3, -0.25) is 19.0 Å². The Morgan fingerprint density at radius 1 is 1.00 bits per heavy atom. The van der Waals surface area contributed by atoms with Crippen molar-refractivity contribution in [1.82, 2.24) is 19.8 Å². The second-order valence-electron chi connectivity index (χ2n) is 7.49. The van der Waals surface area contributed by atoms with E-state index in [2.05, 4.69) is 15.2 Å². The van der Waals surface area contributed by atoms with Crippen LogP contribution in [0.5, 0.6) is 0 Å². The fourth-order valence-electron chi connectivity index (χ4n) is 3.71. The van der Waals surface area contributed by atoms with Crippen molar-refractivity contribution in [3.8, 4) is 0 Å². The van der Waals surface area contributed by atoms with Gasteiger partial charge in [0.1, 0.15) is 6.54 Å². The molecule has 0 bridgehead atoms. The van der Waals surface area contributed by atoms with E-state index in [0.717, 1.165) is 10.3 Å². The molecule has 0 aliphatic carbocycles. The first-order valence-electron chi connectivity index (χ1n) is 10.2. The number of aromatic nitrogens is 2. The van der Waals surface area contributed by atoms with Crippen LogP contribution in [0.4, 0.5) is 5.69 Å². The van der Waals surface area contributed by atoms with E-state index in [4.69, 9.17) is 11.6 Å². The maximum absolute atomic E-state index is 12.5. The molecule has 0 spiro atoms. The summed E-state index contributed by atoms with van der Waals surface area (Å²) in [6, 6.07) is 14.1. The summed E-state index contributed by atoms with van der Waals surface area (Å²) >= 11 is 6.05. The van der Waals surface area contributed by atoms with Crippen molar-refractivity contribution in [2.75, 3.05) is 37.6 Å². The van der Waals surface area contributed by atoms with Crippen molar-refractivity contribution in [2.45, 2.75) is 6.54 Å². The maximum Gasteiger partial charge on any atom is 0.329 e. The van der Waals surface area contributed by atoms with Crippen LogP contribution in [0, 0.1) is 0 Å². The van der Waals surface area contributed by atoms with E-state index in [0.29, 0.717) is 42.1 Å². The fraction of sp³-hybridized carbons (Fsp3) is 0.273. The molecule has 0 unspecified atom stereocenters. The number of amides is 2. The minimum absolute atomic E-state index is 0.198. The van der Waals surface area contributed by atoms with Gasteiger partial charge in [0.25, 0.3) is 5.56 Å². The Hall–Kier alpha value is -3.59. The molecule has 166 valence electrons. The number of carbonyl (C=O) groups is 2. The smallest absolute Gasteiger partial charge is 0.329 e. The van der Waals surface area contributed by atoms with Gasteiger partial charge in [-0.05, 0) is 30.3 Å². The molecule has 3 aromatic rings. The number of anilines is 1. The van der Waals surface area contributed by atoms with E-state index in [1.807, 2.05) is 24.3 Å². The number of halogens is 1. The van der Waals surface area contributed by atoms with Crippen LogP contribution in [0.1, 0.15) is 0 Å². The topological polar surface area (TPSA) is 108 Å². The molecular formula is C22H22ClN5O4. The lowest BCUT2D eigenvalue weighted by Gasteiger charge is -2.36. The molecule has 2 N–H and O–H groups in total. The number of hydrogen-bond donors (Lipinski definition) is 2. The van der Waals surface area contributed by atoms with E-state index < -0.39 is 23.7 Å². The summed E-state index contributed by atoms with van der Waals surface area (Å²) in [5, 5.41) is 3.48.